The second-order valence-electron chi connectivity index (χ2n) is 4.28. The molecule has 2 rings (SSSR count). The average Bonchev–Trinajstić information content (AvgIpc) is 2.69. The number of rotatable bonds is 5. The van der Waals surface area contributed by atoms with Crippen LogP contribution < -0.4 is 4.74 Å². The molecule has 0 aliphatic rings. The number of hydrogen-bond acceptors (Lipinski definition) is 4. The summed E-state index contributed by atoms with van der Waals surface area (Å²) in [5.41, 5.74) is 0.275. The van der Waals surface area contributed by atoms with Crippen molar-refractivity contribution in [3.05, 3.63) is 44.5 Å². The molecule has 0 saturated carbocycles. The van der Waals surface area contributed by atoms with Gasteiger partial charge in [0.1, 0.15) is 11.4 Å². The van der Waals surface area contributed by atoms with Gasteiger partial charge in [-0.3, -0.25) is 10.1 Å². The van der Waals surface area contributed by atoms with Gasteiger partial charge in [-0.1, -0.05) is 22.9 Å². The van der Waals surface area contributed by atoms with Crippen molar-refractivity contribution in [2.24, 2.45) is 0 Å². The predicted molar refractivity (Wildman–Crippen MR) is 78.1 cm³/mol. The molecule has 0 amide bonds. The molecular weight excluding hydrogens is 326 g/mol. The highest BCUT2D eigenvalue weighted by Gasteiger charge is 2.27. The zero-order valence-corrected chi connectivity index (χ0v) is 12.8. The molecule has 0 atom stereocenters. The normalized spacial score (nSPS) is 10.6. The van der Waals surface area contributed by atoms with Crippen molar-refractivity contribution in [1.29, 1.82) is 0 Å². The maximum absolute atomic E-state index is 11.2. The first kappa shape index (κ1) is 14.5. The van der Waals surface area contributed by atoms with Gasteiger partial charge >= 0.3 is 5.69 Å². The Hall–Kier alpha value is -1.89. The Morgan fingerprint density at radius 2 is 2.05 bits per heavy atom. The van der Waals surface area contributed by atoms with Gasteiger partial charge in [0.2, 0.25) is 0 Å². The van der Waals surface area contributed by atoms with Crippen molar-refractivity contribution in [1.82, 2.24) is 9.78 Å². The summed E-state index contributed by atoms with van der Waals surface area (Å²) in [6, 6.07) is 7.11. The van der Waals surface area contributed by atoms with Gasteiger partial charge in [-0.2, -0.15) is 5.10 Å². The second-order valence-corrected chi connectivity index (χ2v) is 5.19. The summed E-state index contributed by atoms with van der Waals surface area (Å²) in [4.78, 5) is 10.7. The summed E-state index contributed by atoms with van der Waals surface area (Å²) < 4.78 is 8.12. The van der Waals surface area contributed by atoms with Crippen molar-refractivity contribution in [3.8, 4) is 11.6 Å². The van der Waals surface area contributed by atoms with E-state index in [0.29, 0.717) is 18.0 Å². The Kier molecular flexibility index (Phi) is 4.39. The van der Waals surface area contributed by atoms with E-state index in [0.717, 1.165) is 10.9 Å². The van der Waals surface area contributed by atoms with Crippen molar-refractivity contribution < 1.29 is 9.66 Å². The van der Waals surface area contributed by atoms with Crippen molar-refractivity contribution in [2.75, 3.05) is 0 Å². The molecule has 0 spiro atoms. The van der Waals surface area contributed by atoms with E-state index in [-0.39, 0.29) is 11.6 Å². The van der Waals surface area contributed by atoms with E-state index in [1.165, 1.54) is 4.68 Å². The zero-order valence-electron chi connectivity index (χ0n) is 11.2. The van der Waals surface area contributed by atoms with Gasteiger partial charge in [-0.15, -0.1) is 0 Å². The van der Waals surface area contributed by atoms with E-state index in [9.17, 15) is 10.1 Å². The van der Waals surface area contributed by atoms with Gasteiger partial charge < -0.3 is 4.74 Å². The van der Waals surface area contributed by atoms with E-state index in [1.54, 1.807) is 19.1 Å². The summed E-state index contributed by atoms with van der Waals surface area (Å²) in [6.45, 7) is 4.16. The number of ether oxygens (including phenoxy) is 1. The van der Waals surface area contributed by atoms with Gasteiger partial charge in [0, 0.05) is 11.0 Å². The summed E-state index contributed by atoms with van der Waals surface area (Å²) >= 11 is 3.33. The predicted octanol–water partition coefficient (Wildman–Crippen LogP) is 4.06. The summed E-state index contributed by atoms with van der Waals surface area (Å²) in [7, 11) is 0. The van der Waals surface area contributed by atoms with E-state index in [2.05, 4.69) is 21.0 Å². The van der Waals surface area contributed by atoms with Gasteiger partial charge in [-0.05, 0) is 37.6 Å². The molecule has 0 N–H and O–H groups in total. The van der Waals surface area contributed by atoms with E-state index < -0.39 is 4.92 Å². The average molecular weight is 340 g/mol. The highest BCUT2D eigenvalue weighted by Crippen LogP contribution is 2.34. The molecule has 0 saturated heterocycles. The maximum atomic E-state index is 11.2. The Labute approximate surface area is 124 Å². The number of nitrogens with zero attached hydrogens (tertiary/aromatic N) is 3. The third-order valence-electron chi connectivity index (χ3n) is 2.70. The lowest BCUT2D eigenvalue weighted by Gasteiger charge is -2.07. The fourth-order valence-electron chi connectivity index (χ4n) is 1.84. The lowest BCUT2D eigenvalue weighted by Crippen LogP contribution is -2.02. The molecule has 7 heteroatoms. The van der Waals surface area contributed by atoms with Gasteiger partial charge in [0.05, 0.1) is 4.92 Å². The van der Waals surface area contributed by atoms with Gasteiger partial charge in [0.25, 0.3) is 5.88 Å². The number of benzene rings is 1. The Balaban J connectivity index is 2.42. The monoisotopic (exact) mass is 339 g/mol. The lowest BCUT2D eigenvalue weighted by molar-refractivity contribution is -0.386. The molecule has 20 heavy (non-hydrogen) atoms. The third kappa shape index (κ3) is 2.98. The van der Waals surface area contributed by atoms with E-state index >= 15 is 0 Å². The molecule has 0 unspecified atom stereocenters. The minimum atomic E-state index is -0.456. The van der Waals surface area contributed by atoms with Crippen molar-refractivity contribution in [3.63, 3.8) is 0 Å². The highest BCUT2D eigenvalue weighted by molar-refractivity contribution is 9.10. The summed E-state index contributed by atoms with van der Waals surface area (Å²) in [6.07, 6.45) is 0.814. The number of aromatic nitrogens is 2. The molecule has 0 aliphatic carbocycles. The molecular formula is C13H14BrN3O3. The van der Waals surface area contributed by atoms with Crippen LogP contribution in [-0.2, 0) is 6.54 Å². The topological polar surface area (TPSA) is 70.2 Å². The molecule has 0 aliphatic heterocycles. The van der Waals surface area contributed by atoms with Gasteiger partial charge in [0.15, 0.2) is 0 Å². The van der Waals surface area contributed by atoms with Crippen LogP contribution in [0.2, 0.25) is 0 Å². The molecule has 1 aromatic heterocycles. The van der Waals surface area contributed by atoms with Crippen LogP contribution in [-0.4, -0.2) is 14.7 Å². The standard InChI is InChI=1S/C13H14BrN3O3/c1-3-8-16-13(12(17(18)19)9(2)15-16)20-11-6-4-10(14)5-7-11/h4-7H,3,8H2,1-2H3. The molecule has 0 radical (unpaired) electrons. The second kappa shape index (κ2) is 6.04. The largest absolute Gasteiger partial charge is 0.434 e. The minimum Gasteiger partial charge on any atom is -0.434 e. The van der Waals surface area contributed by atoms with Crippen LogP contribution in [0.5, 0.6) is 11.6 Å². The molecule has 1 aromatic carbocycles. The van der Waals surface area contributed by atoms with Gasteiger partial charge in [-0.25, -0.2) is 4.68 Å². The van der Waals surface area contributed by atoms with Crippen molar-refractivity contribution >= 4 is 21.6 Å². The lowest BCUT2D eigenvalue weighted by atomic mass is 10.3. The first-order valence-electron chi connectivity index (χ1n) is 6.18. The quantitative estimate of drug-likeness (QED) is 0.608. The summed E-state index contributed by atoms with van der Waals surface area (Å²) in [5, 5.41) is 15.3. The maximum Gasteiger partial charge on any atom is 0.353 e. The first-order valence-corrected chi connectivity index (χ1v) is 6.97. The number of halogens is 1. The minimum absolute atomic E-state index is 0.0821. The fourth-order valence-corrected chi connectivity index (χ4v) is 2.10. The van der Waals surface area contributed by atoms with Crippen LogP contribution in [0.1, 0.15) is 19.0 Å². The molecule has 0 fully saturated rings. The molecule has 2 aromatic rings. The Morgan fingerprint density at radius 1 is 1.40 bits per heavy atom. The summed E-state index contributed by atoms with van der Waals surface area (Å²) in [5.74, 6) is 0.713. The number of nitro groups is 1. The zero-order chi connectivity index (χ0) is 14.7. The Bertz CT molecular complexity index is 623. The van der Waals surface area contributed by atoms with E-state index in [4.69, 9.17) is 4.74 Å². The van der Waals surface area contributed by atoms with Crippen LogP contribution in [0.25, 0.3) is 0 Å². The van der Waals surface area contributed by atoms with Crippen molar-refractivity contribution in [2.45, 2.75) is 26.8 Å². The third-order valence-corrected chi connectivity index (χ3v) is 3.23. The number of hydrogen-bond donors (Lipinski definition) is 0. The molecule has 106 valence electrons. The number of aryl methyl sites for hydroxylation is 2. The SMILES string of the molecule is CCCn1nc(C)c([N+](=O)[O-])c1Oc1ccc(Br)cc1. The fraction of sp³-hybridized carbons (Fsp3) is 0.308. The van der Waals surface area contributed by atoms with Crippen LogP contribution >= 0.6 is 15.9 Å². The molecule has 1 heterocycles. The smallest absolute Gasteiger partial charge is 0.353 e. The molecule has 0 bridgehead atoms. The Morgan fingerprint density at radius 3 is 2.60 bits per heavy atom. The van der Waals surface area contributed by atoms with Crippen LogP contribution in [0.4, 0.5) is 5.69 Å². The van der Waals surface area contributed by atoms with Crippen LogP contribution in [0.15, 0.2) is 28.7 Å². The molecule has 6 nitrogen and oxygen atoms in total. The van der Waals surface area contributed by atoms with E-state index in [1.807, 2.05) is 19.1 Å². The first-order chi connectivity index (χ1) is 9.52. The highest BCUT2D eigenvalue weighted by atomic mass is 79.9. The van der Waals surface area contributed by atoms with Crippen LogP contribution in [0.3, 0.4) is 0 Å². The van der Waals surface area contributed by atoms with Crippen LogP contribution in [0, 0.1) is 17.0 Å².